The van der Waals surface area contributed by atoms with Gasteiger partial charge in [-0.15, -0.1) is 11.3 Å². The van der Waals surface area contributed by atoms with Crippen molar-refractivity contribution in [3.8, 4) is 17.0 Å². The first-order chi connectivity index (χ1) is 20.0. The monoisotopic (exact) mass is 575 g/mol. The zero-order valence-electron chi connectivity index (χ0n) is 23.6. The van der Waals surface area contributed by atoms with Crippen LogP contribution in [0.5, 0.6) is 5.75 Å². The van der Waals surface area contributed by atoms with Crippen LogP contribution in [0.1, 0.15) is 71.4 Å². The largest absolute Gasteiger partial charge is 0.493 e. The minimum atomic E-state index is -0.739. The zero-order valence-corrected chi connectivity index (χ0v) is 24.4. The number of rotatable bonds is 10. The van der Waals surface area contributed by atoms with Crippen molar-refractivity contribution >= 4 is 28.9 Å². The lowest BCUT2D eigenvalue weighted by Gasteiger charge is -2.30. The number of carbonyl (C=O) groups excluding carboxylic acids is 1. The van der Waals surface area contributed by atoms with Crippen molar-refractivity contribution in [1.29, 1.82) is 0 Å². The number of fused-ring (bicyclic) bond motifs is 1. The summed E-state index contributed by atoms with van der Waals surface area (Å²) in [6.07, 6.45) is 10.3. The first-order valence-corrected chi connectivity index (χ1v) is 15.6. The Balaban J connectivity index is 1.19. The number of benzene rings is 1. The standard InChI is InChI=1S/C31H37N5O4S/c1-2-4-23-5-3-11-36(23)19-27-30(22-6-7-26-21(15-22)10-14-40-26)34-29(41-27)16-25(37)24-17-33-28(18-32-24)35-12-8-20(9-13-35)31(38)39/h6-7,15,17-18,20,23H,2-5,8-14,16,19H2,1H3,(H,38,39)/t23-/m1/s1. The third-order valence-corrected chi connectivity index (χ3v) is 9.62. The van der Waals surface area contributed by atoms with E-state index in [9.17, 15) is 14.7 Å². The summed E-state index contributed by atoms with van der Waals surface area (Å²) >= 11 is 1.64. The predicted octanol–water partition coefficient (Wildman–Crippen LogP) is 5.03. The SMILES string of the molecule is CCC[C@@H]1CCCN1Cc1sc(CC(=O)c2cnc(N3CCC(C(=O)O)CC3)cn2)nc1-c1ccc2c(c1)CCO2. The average Bonchev–Trinajstić information content (AvgIpc) is 3.73. The van der Waals surface area contributed by atoms with Crippen LogP contribution in [-0.2, 0) is 24.2 Å². The van der Waals surface area contributed by atoms with Crippen LogP contribution in [0, 0.1) is 5.92 Å². The Bertz CT molecular complexity index is 1400. The van der Waals surface area contributed by atoms with Crippen molar-refractivity contribution in [2.24, 2.45) is 5.92 Å². The third kappa shape index (κ3) is 6.13. The number of piperidine rings is 1. The number of ketones is 1. The van der Waals surface area contributed by atoms with Crippen molar-refractivity contribution in [3.63, 3.8) is 0 Å². The minimum Gasteiger partial charge on any atom is -0.493 e. The van der Waals surface area contributed by atoms with Crippen molar-refractivity contribution < 1.29 is 19.4 Å². The van der Waals surface area contributed by atoms with E-state index in [2.05, 4.69) is 33.9 Å². The predicted molar refractivity (Wildman–Crippen MR) is 158 cm³/mol. The molecule has 6 rings (SSSR count). The van der Waals surface area contributed by atoms with Crippen LogP contribution >= 0.6 is 11.3 Å². The topological polar surface area (TPSA) is 109 Å². The van der Waals surface area contributed by atoms with Gasteiger partial charge in [-0.2, -0.15) is 0 Å². The van der Waals surface area contributed by atoms with Gasteiger partial charge in [0.1, 0.15) is 22.3 Å². The number of anilines is 1. The van der Waals surface area contributed by atoms with E-state index in [1.165, 1.54) is 42.3 Å². The second-order valence-corrected chi connectivity index (χ2v) is 12.5. The van der Waals surface area contributed by atoms with Gasteiger partial charge >= 0.3 is 5.97 Å². The third-order valence-electron chi connectivity index (χ3n) is 8.58. The smallest absolute Gasteiger partial charge is 0.306 e. The Hall–Kier alpha value is -3.37. The number of carbonyl (C=O) groups is 2. The number of carboxylic acids is 1. The van der Waals surface area contributed by atoms with Crippen molar-refractivity contribution in [1.82, 2.24) is 19.9 Å². The van der Waals surface area contributed by atoms with Crippen LogP contribution in [-0.4, -0.2) is 69.0 Å². The Morgan fingerprint density at radius 3 is 2.73 bits per heavy atom. The normalized spacial score (nSPS) is 19.3. The van der Waals surface area contributed by atoms with Gasteiger partial charge in [0.2, 0.25) is 0 Å². The molecule has 1 N–H and O–H groups in total. The van der Waals surface area contributed by atoms with Gasteiger partial charge in [0.25, 0.3) is 0 Å². The van der Waals surface area contributed by atoms with Crippen LogP contribution in [0.4, 0.5) is 5.82 Å². The molecule has 3 aliphatic heterocycles. The molecule has 9 nitrogen and oxygen atoms in total. The summed E-state index contributed by atoms with van der Waals surface area (Å²) in [5.74, 6) is 0.486. The fraction of sp³-hybridized carbons (Fsp3) is 0.516. The highest BCUT2D eigenvalue weighted by atomic mass is 32.1. The number of Topliss-reactive ketones (excluding diaryl/α,β-unsaturated/α-hetero) is 1. The second-order valence-electron chi connectivity index (χ2n) is 11.3. The highest BCUT2D eigenvalue weighted by molar-refractivity contribution is 7.12. The summed E-state index contributed by atoms with van der Waals surface area (Å²) < 4.78 is 5.73. The van der Waals surface area contributed by atoms with Crippen LogP contribution in [0.15, 0.2) is 30.6 Å². The van der Waals surface area contributed by atoms with Gasteiger partial charge in [-0.1, -0.05) is 13.3 Å². The molecular formula is C31H37N5O4S. The fourth-order valence-electron chi connectivity index (χ4n) is 6.30. The molecule has 1 atom stereocenters. The minimum absolute atomic E-state index is 0.104. The molecule has 1 aromatic carbocycles. The molecule has 5 heterocycles. The van der Waals surface area contributed by atoms with Crippen molar-refractivity contribution in [3.05, 3.63) is 51.7 Å². The van der Waals surface area contributed by atoms with Gasteiger partial charge in [0, 0.05) is 42.5 Å². The van der Waals surface area contributed by atoms with Gasteiger partial charge < -0.3 is 14.7 Å². The first-order valence-electron chi connectivity index (χ1n) is 14.8. The zero-order chi connectivity index (χ0) is 28.3. The first kappa shape index (κ1) is 27.8. The Morgan fingerprint density at radius 2 is 1.98 bits per heavy atom. The maximum absolute atomic E-state index is 13.3. The summed E-state index contributed by atoms with van der Waals surface area (Å²) in [6, 6.07) is 6.94. The van der Waals surface area contributed by atoms with Crippen LogP contribution < -0.4 is 9.64 Å². The van der Waals surface area contributed by atoms with E-state index in [0.29, 0.717) is 43.5 Å². The lowest BCUT2D eigenvalue weighted by Crippen LogP contribution is -2.36. The summed E-state index contributed by atoms with van der Waals surface area (Å²) in [4.78, 5) is 44.3. The van der Waals surface area contributed by atoms with Crippen LogP contribution in [0.2, 0.25) is 0 Å². The average molecular weight is 576 g/mol. The number of thiazole rings is 1. The number of aromatic nitrogens is 3. The van der Waals surface area contributed by atoms with Gasteiger partial charge in [0.05, 0.1) is 37.0 Å². The highest BCUT2D eigenvalue weighted by Crippen LogP contribution is 2.36. The molecule has 2 aromatic heterocycles. The number of nitrogens with zero attached hydrogens (tertiary/aromatic N) is 5. The molecule has 3 aromatic rings. The molecule has 10 heteroatoms. The molecule has 0 aliphatic carbocycles. The molecule has 0 saturated carbocycles. The lowest BCUT2D eigenvalue weighted by atomic mass is 9.97. The maximum Gasteiger partial charge on any atom is 0.306 e. The molecule has 0 amide bonds. The Morgan fingerprint density at radius 1 is 1.12 bits per heavy atom. The van der Waals surface area contributed by atoms with E-state index in [1.807, 2.05) is 11.0 Å². The maximum atomic E-state index is 13.3. The summed E-state index contributed by atoms with van der Waals surface area (Å²) in [5.41, 5.74) is 3.60. The second kappa shape index (κ2) is 12.2. The van der Waals surface area contributed by atoms with E-state index in [-0.39, 0.29) is 18.1 Å². The summed E-state index contributed by atoms with van der Waals surface area (Å²) in [6.45, 7) is 6.16. The number of carboxylic acid groups (broad SMARTS) is 1. The molecule has 0 spiro atoms. The number of ether oxygens (including phenoxy) is 1. The molecular weight excluding hydrogens is 538 g/mol. The molecule has 0 radical (unpaired) electrons. The van der Waals surface area contributed by atoms with Gasteiger partial charge in [0.15, 0.2) is 5.78 Å². The molecule has 2 fully saturated rings. The number of aliphatic carboxylic acids is 1. The molecule has 3 aliphatic rings. The molecule has 0 unspecified atom stereocenters. The highest BCUT2D eigenvalue weighted by Gasteiger charge is 2.28. The van der Waals surface area contributed by atoms with Gasteiger partial charge in [-0.25, -0.2) is 15.0 Å². The van der Waals surface area contributed by atoms with E-state index < -0.39 is 5.97 Å². The van der Waals surface area contributed by atoms with Crippen molar-refractivity contribution in [2.75, 3.05) is 31.1 Å². The van der Waals surface area contributed by atoms with Gasteiger partial charge in [-0.3, -0.25) is 14.5 Å². The quantitative estimate of drug-likeness (QED) is 0.333. The van der Waals surface area contributed by atoms with E-state index in [4.69, 9.17) is 9.72 Å². The van der Waals surface area contributed by atoms with E-state index >= 15 is 0 Å². The van der Waals surface area contributed by atoms with E-state index in [0.717, 1.165) is 48.1 Å². The van der Waals surface area contributed by atoms with Crippen molar-refractivity contribution in [2.45, 2.75) is 70.9 Å². The molecule has 0 bridgehead atoms. The number of hydrogen-bond acceptors (Lipinski definition) is 9. The van der Waals surface area contributed by atoms with Crippen LogP contribution in [0.25, 0.3) is 11.3 Å². The fourth-order valence-corrected chi connectivity index (χ4v) is 7.42. The Labute approximate surface area is 244 Å². The summed E-state index contributed by atoms with van der Waals surface area (Å²) in [5, 5.41) is 10.0. The summed E-state index contributed by atoms with van der Waals surface area (Å²) in [7, 11) is 0. The molecule has 216 valence electrons. The number of hydrogen-bond donors (Lipinski definition) is 1. The van der Waals surface area contributed by atoms with Gasteiger partial charge in [-0.05, 0) is 62.4 Å². The molecule has 2 saturated heterocycles. The van der Waals surface area contributed by atoms with Crippen LogP contribution in [0.3, 0.4) is 0 Å². The van der Waals surface area contributed by atoms with E-state index in [1.54, 1.807) is 17.5 Å². The lowest BCUT2D eigenvalue weighted by molar-refractivity contribution is -0.142. The Kier molecular flexibility index (Phi) is 8.30. The number of likely N-dealkylation sites (tertiary alicyclic amines) is 1. The molecule has 41 heavy (non-hydrogen) atoms.